The Morgan fingerprint density at radius 3 is 2.42 bits per heavy atom. The van der Waals surface area contributed by atoms with Crippen molar-refractivity contribution >= 4 is 23.7 Å². The van der Waals surface area contributed by atoms with Gasteiger partial charge in [0.05, 0.1) is 12.0 Å². The third-order valence-corrected chi connectivity index (χ3v) is 6.25. The third kappa shape index (κ3) is 9.47. The first kappa shape index (κ1) is 30.3. The van der Waals surface area contributed by atoms with Crippen molar-refractivity contribution in [1.82, 2.24) is 10.4 Å². The summed E-state index contributed by atoms with van der Waals surface area (Å²) in [5, 5.41) is 3.46. The molecular weight excluding hydrogens is 643 g/mol. The van der Waals surface area contributed by atoms with E-state index in [1.54, 1.807) is 6.42 Å². The van der Waals surface area contributed by atoms with Crippen LogP contribution in [0.25, 0.3) is 0 Å². The Kier molecular flexibility index (Phi) is 14.1. The molecule has 2 aliphatic rings. The van der Waals surface area contributed by atoms with Crippen LogP contribution >= 0.6 is 0 Å². The second kappa shape index (κ2) is 15.3. The summed E-state index contributed by atoms with van der Waals surface area (Å²) in [6, 6.07) is 0. The Hall–Kier alpha value is -0.688. The summed E-state index contributed by atoms with van der Waals surface area (Å²) < 4.78 is 12.1. The van der Waals surface area contributed by atoms with Crippen molar-refractivity contribution in [3.05, 3.63) is 13.3 Å². The quantitative estimate of drug-likeness (QED) is 0.192. The van der Waals surface area contributed by atoms with Crippen LogP contribution in [0.4, 0.5) is 0 Å². The van der Waals surface area contributed by atoms with Gasteiger partial charge in [0.1, 0.15) is 0 Å². The largest absolute Gasteiger partial charge is 0.378 e. The maximum absolute atomic E-state index is 11.9. The van der Waals surface area contributed by atoms with E-state index in [2.05, 4.69) is 33.0 Å². The zero-order chi connectivity index (χ0) is 23.7. The first-order chi connectivity index (χ1) is 15.2. The molecular formula is C23H36AcN2O7-2. The van der Waals surface area contributed by atoms with Crippen LogP contribution in [0, 0.1) is 75.2 Å². The average Bonchev–Trinajstić information content (AvgIpc) is 3.08. The normalized spacial score (nSPS) is 27.2. The summed E-state index contributed by atoms with van der Waals surface area (Å²) in [6.07, 6.45) is 3.75. The fraction of sp³-hybridized carbons (Fsp3) is 0.739. The number of ether oxygens (including phenoxy) is 2. The monoisotopic (exact) mass is 679 g/mol. The number of amides is 3. The van der Waals surface area contributed by atoms with Crippen molar-refractivity contribution in [3.8, 4) is 0 Å². The van der Waals surface area contributed by atoms with Gasteiger partial charge >= 0.3 is 5.97 Å². The van der Waals surface area contributed by atoms with Gasteiger partial charge in [-0.3, -0.25) is 9.59 Å². The summed E-state index contributed by atoms with van der Waals surface area (Å²) in [7, 11) is 0. The Bertz CT molecular complexity index is 659. The van der Waals surface area contributed by atoms with E-state index in [1.807, 2.05) is 0 Å². The molecule has 185 valence electrons. The van der Waals surface area contributed by atoms with Crippen molar-refractivity contribution in [2.24, 2.45) is 17.8 Å². The average molecular weight is 680 g/mol. The molecule has 3 amide bonds. The molecule has 2 aliphatic heterocycles. The van der Waals surface area contributed by atoms with Gasteiger partial charge in [-0.1, -0.05) is 20.8 Å². The topological polar surface area (TPSA) is 111 Å². The van der Waals surface area contributed by atoms with Crippen molar-refractivity contribution in [3.63, 3.8) is 0 Å². The number of hydrogen-bond donors (Lipinski definition) is 1. The number of hydrogen-bond acceptors (Lipinski definition) is 7. The summed E-state index contributed by atoms with van der Waals surface area (Å²) in [4.78, 5) is 51.5. The number of unbranched alkanes of at least 4 members (excludes halogenated alkanes) is 2. The molecule has 9 nitrogen and oxygen atoms in total. The number of hydroxylamine groups is 2. The van der Waals surface area contributed by atoms with Gasteiger partial charge in [-0.2, -0.15) is 6.42 Å². The molecule has 33 heavy (non-hydrogen) atoms. The number of imide groups is 1. The molecule has 10 heteroatoms. The summed E-state index contributed by atoms with van der Waals surface area (Å²) in [6.45, 7) is 10.9. The first-order valence-electron chi connectivity index (χ1n) is 11.5. The van der Waals surface area contributed by atoms with Crippen LogP contribution < -0.4 is 5.32 Å². The Morgan fingerprint density at radius 1 is 1.12 bits per heavy atom. The number of carbonyl (C=O) groups excluding carboxylic acids is 4. The number of carbonyl (C=O) groups is 4. The molecule has 5 atom stereocenters. The van der Waals surface area contributed by atoms with Gasteiger partial charge in [0.2, 0.25) is 0 Å². The predicted octanol–water partition coefficient (Wildman–Crippen LogP) is 2.35. The Morgan fingerprint density at radius 2 is 1.79 bits per heavy atom. The van der Waals surface area contributed by atoms with Crippen LogP contribution in [-0.2, 0) is 33.5 Å². The van der Waals surface area contributed by atoms with Crippen LogP contribution in [0.15, 0.2) is 0 Å². The second-order valence-electron chi connectivity index (χ2n) is 8.58. The van der Waals surface area contributed by atoms with E-state index in [-0.39, 0.29) is 87.2 Å². The van der Waals surface area contributed by atoms with Crippen molar-refractivity contribution in [2.75, 3.05) is 13.2 Å². The number of nitrogens with zero attached hydrogens (tertiary/aromatic N) is 1. The van der Waals surface area contributed by atoms with E-state index in [1.165, 1.54) is 0 Å². The van der Waals surface area contributed by atoms with E-state index in [4.69, 9.17) is 14.3 Å². The van der Waals surface area contributed by atoms with E-state index >= 15 is 0 Å². The molecule has 1 N–H and O–H groups in total. The van der Waals surface area contributed by atoms with Gasteiger partial charge in [-0.15, -0.1) is 5.06 Å². The van der Waals surface area contributed by atoms with Crippen LogP contribution in [0.5, 0.6) is 0 Å². The molecule has 1 radical (unpaired) electrons. The standard InChI is InChI=1S/C23H36N2O7.Ac/c1-5-6-9-19(26)24-14-18-16(3)15(2)17(4)23(31-18)30-13-8-7-10-22(29)32-25-20(27)11-12-21(25)28;/h9,15-18,23H,1,5-8,10-14H2,2-4H3,(H,24,26);/q-2;. The van der Waals surface area contributed by atoms with Crippen LogP contribution in [0.2, 0.25) is 0 Å². The second-order valence-corrected chi connectivity index (χ2v) is 8.58. The van der Waals surface area contributed by atoms with E-state index < -0.39 is 24.1 Å². The molecule has 0 saturated carbocycles. The van der Waals surface area contributed by atoms with Crippen LogP contribution in [0.1, 0.15) is 65.7 Å². The molecule has 5 unspecified atom stereocenters. The van der Waals surface area contributed by atoms with Gasteiger partial charge in [0.25, 0.3) is 11.8 Å². The smallest absolute Gasteiger partial charge is 0.333 e. The molecule has 2 saturated heterocycles. The summed E-state index contributed by atoms with van der Waals surface area (Å²) in [5.74, 6) is -0.878. The number of nitrogens with one attached hydrogen (secondary N) is 1. The molecule has 0 bridgehead atoms. The molecule has 2 fully saturated rings. The van der Waals surface area contributed by atoms with Crippen molar-refractivity contribution in [1.29, 1.82) is 0 Å². The molecule has 2 rings (SSSR count). The predicted molar refractivity (Wildman–Crippen MR) is 115 cm³/mol. The Balaban J connectivity index is 0.00000544. The number of rotatable bonds is 12. The maximum Gasteiger partial charge on any atom is 0.333 e. The van der Waals surface area contributed by atoms with E-state index in [9.17, 15) is 19.2 Å². The van der Waals surface area contributed by atoms with E-state index in [0.29, 0.717) is 49.8 Å². The van der Waals surface area contributed by atoms with Gasteiger partial charge in [-0.25, -0.2) is 11.2 Å². The zero-order valence-electron chi connectivity index (χ0n) is 19.9. The molecule has 2 heterocycles. The summed E-state index contributed by atoms with van der Waals surface area (Å²) >= 11 is 0. The molecule has 0 aromatic rings. The van der Waals surface area contributed by atoms with Crippen molar-refractivity contribution in [2.45, 2.75) is 78.1 Å². The minimum Gasteiger partial charge on any atom is -0.378 e. The molecule has 0 spiro atoms. The van der Waals surface area contributed by atoms with Gasteiger partial charge in [0.15, 0.2) is 6.29 Å². The van der Waals surface area contributed by atoms with Gasteiger partial charge < -0.3 is 37.8 Å². The molecule has 0 aromatic carbocycles. The Labute approximate surface area is 232 Å². The van der Waals surface area contributed by atoms with Crippen molar-refractivity contribution < 1.29 is 77.6 Å². The maximum atomic E-state index is 11.9. The minimum atomic E-state index is -0.607. The summed E-state index contributed by atoms with van der Waals surface area (Å²) in [5.41, 5.74) is 0. The fourth-order valence-electron chi connectivity index (χ4n) is 3.79. The third-order valence-electron chi connectivity index (χ3n) is 6.25. The fourth-order valence-corrected chi connectivity index (χ4v) is 3.79. The minimum absolute atomic E-state index is 0. The first-order valence-corrected chi connectivity index (χ1v) is 11.5. The van der Waals surface area contributed by atoms with Gasteiger partial charge in [0, 0.05) is 82.4 Å². The SMILES string of the molecule is [Ac].[CH2-]CC[CH-]C(=O)NCC1OC(OCCCCC(=O)ON2C(=O)CCC2=O)C(C)C(C)C1C. The van der Waals surface area contributed by atoms with Crippen LogP contribution in [-0.4, -0.2) is 54.3 Å². The molecule has 0 aliphatic carbocycles. The van der Waals surface area contributed by atoms with E-state index in [0.717, 1.165) is 0 Å². The molecule has 0 aromatic heterocycles. The van der Waals surface area contributed by atoms with Crippen LogP contribution in [0.3, 0.4) is 0 Å². The zero-order valence-corrected chi connectivity index (χ0v) is 24.7. The van der Waals surface area contributed by atoms with Gasteiger partial charge in [-0.05, 0) is 24.7 Å².